The van der Waals surface area contributed by atoms with Gasteiger partial charge in [0.2, 0.25) is 0 Å². The van der Waals surface area contributed by atoms with Gasteiger partial charge in [-0.25, -0.2) is 0 Å². The first-order chi connectivity index (χ1) is 15.6. The monoisotopic (exact) mass is 627 g/mol. The quantitative estimate of drug-likeness (QED) is 0.143. The van der Waals surface area contributed by atoms with E-state index >= 15 is 0 Å². The summed E-state index contributed by atoms with van der Waals surface area (Å²) in [7, 11) is 0. The molecule has 0 aromatic heterocycles. The van der Waals surface area contributed by atoms with Gasteiger partial charge < -0.3 is 24.8 Å². The van der Waals surface area contributed by atoms with E-state index in [1.54, 1.807) is 14.4 Å². The van der Waals surface area contributed by atoms with Crippen LogP contribution in [0.1, 0.15) is 107 Å². The molecular weight excluding hydrogens is 571 g/mol. The molecule has 0 radical (unpaired) electrons. The molecule has 1 rings (SSSR count). The Morgan fingerprint density at radius 2 is 0.943 bits per heavy atom. The van der Waals surface area contributed by atoms with Crippen molar-refractivity contribution in [2.75, 3.05) is 26.2 Å². The maximum atomic E-state index is 4.51. The van der Waals surface area contributed by atoms with Crippen LogP contribution in [-0.2, 0) is 17.1 Å². The number of hydrogen-bond acceptors (Lipinski definition) is 4. The summed E-state index contributed by atoms with van der Waals surface area (Å²) in [5.74, 6) is 0.466. The summed E-state index contributed by atoms with van der Waals surface area (Å²) in [6.07, 6.45) is 9.75. The Bertz CT molecular complexity index is 748. The van der Waals surface area contributed by atoms with Crippen molar-refractivity contribution in [1.82, 2.24) is 13.0 Å². The minimum Gasteiger partial charge on any atom is -1.00 e. The first-order valence-electron chi connectivity index (χ1n) is 14.1. The van der Waals surface area contributed by atoms with Gasteiger partial charge >= 0.3 is 207 Å². The minimum absolute atomic E-state index is 0. The molecular formula is C27H59Cl2N4SiZr. The molecule has 0 heterocycles. The van der Waals surface area contributed by atoms with Crippen LogP contribution in [0.3, 0.4) is 0 Å². The zero-order valence-electron chi connectivity index (χ0n) is 24.8. The van der Waals surface area contributed by atoms with Gasteiger partial charge in [-0.05, 0) is 0 Å². The molecule has 4 nitrogen and oxygen atoms in total. The predicted molar refractivity (Wildman–Crippen MR) is 149 cm³/mol. The van der Waals surface area contributed by atoms with Crippen LogP contribution in [0.2, 0.25) is 13.1 Å². The molecule has 0 aromatic carbocycles. The summed E-state index contributed by atoms with van der Waals surface area (Å²) < 4.78 is 19.8. The van der Waals surface area contributed by atoms with Gasteiger partial charge in [0, 0.05) is 0 Å². The van der Waals surface area contributed by atoms with Crippen LogP contribution in [0.15, 0.2) is 20.0 Å². The van der Waals surface area contributed by atoms with Gasteiger partial charge in [-0.15, -0.1) is 0 Å². The van der Waals surface area contributed by atoms with Crippen LogP contribution in [0.25, 0.3) is 0 Å². The third-order valence-corrected chi connectivity index (χ3v) is 52.1. The molecule has 0 amide bonds. The van der Waals surface area contributed by atoms with Crippen LogP contribution in [0.5, 0.6) is 0 Å². The third kappa shape index (κ3) is 7.15. The molecule has 4 N–H and O–H groups in total. The molecule has 0 fully saturated rings. The molecule has 0 saturated heterocycles. The summed E-state index contributed by atoms with van der Waals surface area (Å²) in [6.45, 7) is 28.4. The molecule has 0 aromatic rings. The first kappa shape index (κ1) is 38.1. The zero-order valence-corrected chi connectivity index (χ0v) is 29.8. The molecule has 0 spiro atoms. The fourth-order valence-electron chi connectivity index (χ4n) is 6.42. The maximum Gasteiger partial charge on any atom is -1.00 e. The SMILES string of the molecule is CCCC[NH][Zr+2]([NH]CCCC)([NH]CCCC)([NH]CCCC)([C]1=C(C)C(C)=C(C)C1C)=[Si](C)C.[Cl-].[Cl-]. The standard InChI is InChI=1S/C9H13.4C4H10N.C2H6Si.2ClH.Zr/c1-6-5-7(2)9(4)8(6)3;4*1-2-3-4-5;1-3-2;;;/h6H,1-4H3;4*5H,2-4H2,1H3;1-2H3;2*1H;/q;4*-1;;;;+6/p-2. The number of allylic oxidation sites excluding steroid dienone is 4. The second-order valence-electron chi connectivity index (χ2n) is 11.1. The van der Waals surface area contributed by atoms with Crippen molar-refractivity contribution in [1.29, 1.82) is 0 Å². The summed E-state index contributed by atoms with van der Waals surface area (Å²) in [5.41, 5.74) is 3.73. The average Bonchev–Trinajstić information content (AvgIpc) is 2.98. The van der Waals surface area contributed by atoms with Crippen LogP contribution in [0, 0.1) is 5.92 Å². The molecule has 0 bridgehead atoms. The largest absolute Gasteiger partial charge is 1.00 e. The molecule has 0 saturated carbocycles. The maximum absolute atomic E-state index is 4.89. The minimum atomic E-state index is -4.89. The van der Waals surface area contributed by atoms with Crippen molar-refractivity contribution in [3.8, 4) is 0 Å². The van der Waals surface area contributed by atoms with E-state index in [9.17, 15) is 0 Å². The Kier molecular flexibility index (Phi) is 17.6. The fourth-order valence-corrected chi connectivity index (χ4v) is 45.7. The van der Waals surface area contributed by atoms with Crippen molar-refractivity contribution < 1.29 is 41.9 Å². The van der Waals surface area contributed by atoms with Crippen LogP contribution in [-0.4, -0.2) is 31.6 Å². The number of rotatable bonds is 17. The first-order valence-corrected chi connectivity index (χ1v) is 26.5. The summed E-state index contributed by atoms with van der Waals surface area (Å²) in [4.78, 5) is 0. The van der Waals surface area contributed by atoms with Gasteiger partial charge in [0.1, 0.15) is 0 Å². The van der Waals surface area contributed by atoms with Gasteiger partial charge in [0.15, 0.2) is 0 Å². The summed E-state index contributed by atoms with van der Waals surface area (Å²) in [6, 6.07) is 0. The molecule has 1 atom stereocenters. The van der Waals surface area contributed by atoms with E-state index in [2.05, 4.69) is 81.5 Å². The van der Waals surface area contributed by atoms with Gasteiger partial charge in [0.05, 0.1) is 0 Å². The van der Waals surface area contributed by atoms with Crippen LogP contribution in [0.4, 0.5) is 0 Å². The van der Waals surface area contributed by atoms with Gasteiger partial charge in [0.25, 0.3) is 0 Å². The molecule has 209 valence electrons. The van der Waals surface area contributed by atoms with Crippen molar-refractivity contribution in [3.63, 3.8) is 0 Å². The number of hydrogen-bond donors (Lipinski definition) is 4. The Balaban J connectivity index is 0. The molecule has 1 aliphatic carbocycles. The van der Waals surface area contributed by atoms with Gasteiger partial charge in [-0.2, -0.15) is 0 Å². The summed E-state index contributed by atoms with van der Waals surface area (Å²) in [5, 5.41) is 0. The van der Waals surface area contributed by atoms with Crippen molar-refractivity contribution in [3.05, 3.63) is 20.0 Å². The van der Waals surface area contributed by atoms with Crippen molar-refractivity contribution in [2.45, 2.75) is 120 Å². The third-order valence-electron chi connectivity index (χ3n) is 8.95. The van der Waals surface area contributed by atoms with Gasteiger partial charge in [-0.3, -0.25) is 0 Å². The molecule has 1 aliphatic rings. The summed E-state index contributed by atoms with van der Waals surface area (Å²) >= 11 is -4.89. The number of halogens is 2. The van der Waals surface area contributed by atoms with Gasteiger partial charge in [-0.1, -0.05) is 0 Å². The van der Waals surface area contributed by atoms with Crippen molar-refractivity contribution in [2.24, 2.45) is 5.92 Å². The molecule has 0 aliphatic heterocycles. The smallest absolute Gasteiger partial charge is 1.00 e. The topological polar surface area (TPSA) is 48.1 Å². The van der Waals surface area contributed by atoms with E-state index in [1.165, 1.54) is 56.9 Å². The predicted octanol–water partition coefficient (Wildman–Crippen LogP) is 0.950. The Morgan fingerprint density at radius 3 is 1.14 bits per heavy atom. The van der Waals surface area contributed by atoms with Crippen molar-refractivity contribution >= 4 is 5.43 Å². The Hall–Kier alpha value is 1.000. The zero-order chi connectivity index (χ0) is 25.2. The number of nitrogens with one attached hydrogen (secondary N) is 4. The van der Waals surface area contributed by atoms with Crippen LogP contribution < -0.4 is 37.9 Å². The van der Waals surface area contributed by atoms with E-state index in [4.69, 9.17) is 0 Å². The Morgan fingerprint density at radius 1 is 0.629 bits per heavy atom. The number of unbranched alkanes of at least 4 members (excludes halogenated alkanes) is 4. The fraction of sp³-hybridized carbons (Fsp3) is 0.852. The average molecular weight is 630 g/mol. The van der Waals surface area contributed by atoms with E-state index in [1.807, 2.05) is 0 Å². The molecule has 8 heteroatoms. The normalized spacial score (nSPS) is 17.1. The second kappa shape index (κ2) is 16.2. The Labute approximate surface area is 230 Å². The molecule has 35 heavy (non-hydrogen) atoms. The molecule has 1 unspecified atom stereocenters. The second-order valence-corrected chi connectivity index (χ2v) is 41.9. The van der Waals surface area contributed by atoms with Crippen LogP contribution >= 0.6 is 0 Å². The van der Waals surface area contributed by atoms with E-state index < -0.39 is 22.5 Å². The van der Waals surface area contributed by atoms with E-state index in [-0.39, 0.29) is 24.8 Å². The van der Waals surface area contributed by atoms with E-state index in [0.717, 1.165) is 26.2 Å². The van der Waals surface area contributed by atoms with E-state index in [0.29, 0.717) is 5.92 Å².